The van der Waals surface area contributed by atoms with E-state index >= 15 is 0 Å². The van der Waals surface area contributed by atoms with Gasteiger partial charge >= 0.3 is 0 Å². The minimum atomic E-state index is 0.956. The number of benzene rings is 2. The fraction of sp³-hybridized carbons (Fsp3) is 0.0286. The van der Waals surface area contributed by atoms with E-state index in [0.717, 1.165) is 17.4 Å². The van der Waals surface area contributed by atoms with Gasteiger partial charge in [0.15, 0.2) is 0 Å². The lowest BCUT2D eigenvalue weighted by molar-refractivity contribution is 0.567. The molecule has 5 nitrogen and oxygen atoms in total. The number of hydrogen-bond donors (Lipinski definition) is 1. The van der Waals surface area contributed by atoms with Crippen molar-refractivity contribution in [3.63, 3.8) is 0 Å². The number of rotatable bonds is 0. The number of allylic oxidation sites excluding steroid dienone is 4. The van der Waals surface area contributed by atoms with Crippen LogP contribution in [-0.4, -0.2) is 15.0 Å². The Balaban J connectivity index is 0.000000135. The SMILES string of the molecule is C1=CCC=C1.c1ccc2[nH]ccc2c1.c1ccc2occc2c1.c1ccncc1.c1ccncc1.c1ccoc1. The first kappa shape index (κ1) is 29.1. The van der Waals surface area contributed by atoms with E-state index in [1.165, 1.54) is 10.9 Å². The first-order valence-corrected chi connectivity index (χ1v) is 12.9. The minimum absolute atomic E-state index is 0.956. The molecule has 0 saturated carbocycles. The zero-order chi connectivity index (χ0) is 27.8. The molecule has 1 N–H and O–H groups in total. The zero-order valence-electron chi connectivity index (χ0n) is 22.2. The van der Waals surface area contributed by atoms with Gasteiger partial charge in [-0.15, -0.1) is 0 Å². The summed E-state index contributed by atoms with van der Waals surface area (Å²) in [5, 5.41) is 2.44. The van der Waals surface area contributed by atoms with Crippen molar-refractivity contribution in [3.05, 3.63) is 183 Å². The van der Waals surface area contributed by atoms with E-state index in [4.69, 9.17) is 4.42 Å². The summed E-state index contributed by atoms with van der Waals surface area (Å²) in [6.07, 6.45) is 23.4. The van der Waals surface area contributed by atoms with Crippen LogP contribution in [0.3, 0.4) is 0 Å². The normalized spacial score (nSPS) is 10.2. The van der Waals surface area contributed by atoms with Crippen LogP contribution in [0.2, 0.25) is 0 Å². The first-order chi connectivity index (χ1) is 19.9. The number of pyridine rings is 2. The van der Waals surface area contributed by atoms with Crippen molar-refractivity contribution in [2.24, 2.45) is 0 Å². The topological polar surface area (TPSA) is 67.8 Å². The van der Waals surface area contributed by atoms with Crippen LogP contribution in [0.15, 0.2) is 192 Å². The van der Waals surface area contributed by atoms with Gasteiger partial charge in [0.05, 0.1) is 18.8 Å². The van der Waals surface area contributed by atoms with Crippen LogP contribution in [0.25, 0.3) is 21.9 Å². The number of H-pyrrole nitrogens is 1. The third kappa shape index (κ3) is 12.7. The van der Waals surface area contributed by atoms with Crippen molar-refractivity contribution >= 4 is 21.9 Å². The smallest absolute Gasteiger partial charge is 0.133 e. The highest BCUT2D eigenvalue weighted by Crippen LogP contribution is 2.12. The standard InChI is InChI=1S/C8H7N.C8H6O.2C5H5N.C5H6.C4H4O/c2*1-2-4-8-7(3-1)5-6-9-8;2*1-2-4-6-5-3-1;2*1-2-4-5-3-1/h1-6,9H;1-6H;2*1-5H;1-4H,5H2;1-4H. The highest BCUT2D eigenvalue weighted by molar-refractivity contribution is 5.78. The van der Waals surface area contributed by atoms with Crippen LogP contribution >= 0.6 is 0 Å². The molecule has 7 aromatic rings. The number of fused-ring (bicyclic) bond motifs is 2. The molecule has 0 aliphatic heterocycles. The number of aromatic amines is 1. The third-order valence-corrected chi connectivity index (χ3v) is 5.04. The Labute approximate surface area is 235 Å². The van der Waals surface area contributed by atoms with Gasteiger partial charge in [-0.3, -0.25) is 9.97 Å². The van der Waals surface area contributed by atoms with Crippen LogP contribution in [0.5, 0.6) is 0 Å². The van der Waals surface area contributed by atoms with E-state index in [2.05, 4.69) is 61.9 Å². The van der Waals surface area contributed by atoms with E-state index in [1.54, 1.807) is 43.6 Å². The minimum Gasteiger partial charge on any atom is -0.473 e. The van der Waals surface area contributed by atoms with Crippen LogP contribution < -0.4 is 0 Å². The summed E-state index contributed by atoms with van der Waals surface area (Å²) < 4.78 is 9.70. The van der Waals surface area contributed by atoms with Crippen LogP contribution in [0.1, 0.15) is 6.42 Å². The van der Waals surface area contributed by atoms with Crippen LogP contribution in [0.4, 0.5) is 0 Å². The van der Waals surface area contributed by atoms with Crippen molar-refractivity contribution in [3.8, 4) is 0 Å². The summed E-state index contributed by atoms with van der Waals surface area (Å²) in [5.74, 6) is 0. The third-order valence-electron chi connectivity index (χ3n) is 5.04. The maximum absolute atomic E-state index is 5.12. The zero-order valence-corrected chi connectivity index (χ0v) is 22.2. The van der Waals surface area contributed by atoms with Crippen molar-refractivity contribution in [1.29, 1.82) is 0 Å². The number of nitrogens with zero attached hydrogens (tertiary/aromatic N) is 2. The highest BCUT2D eigenvalue weighted by atomic mass is 16.3. The number of para-hydroxylation sites is 2. The predicted octanol–water partition coefficient (Wildman–Crippen LogP) is 9.55. The van der Waals surface area contributed by atoms with Gasteiger partial charge < -0.3 is 13.8 Å². The van der Waals surface area contributed by atoms with Crippen molar-refractivity contribution in [2.45, 2.75) is 6.42 Å². The van der Waals surface area contributed by atoms with E-state index < -0.39 is 0 Å². The summed E-state index contributed by atoms with van der Waals surface area (Å²) in [4.78, 5) is 10.7. The summed E-state index contributed by atoms with van der Waals surface area (Å²) in [7, 11) is 0. The van der Waals surface area contributed by atoms with Gasteiger partial charge in [0.1, 0.15) is 5.58 Å². The van der Waals surface area contributed by atoms with Gasteiger partial charge in [-0.2, -0.15) is 0 Å². The Morgan fingerprint density at radius 3 is 1.57 bits per heavy atom. The highest BCUT2D eigenvalue weighted by Gasteiger charge is 1.89. The monoisotopic (exact) mass is 527 g/mol. The molecular formula is C35H33N3O2. The number of aromatic nitrogens is 3. The second-order valence-corrected chi connectivity index (χ2v) is 7.96. The summed E-state index contributed by atoms with van der Waals surface area (Å²) in [6.45, 7) is 0. The molecule has 1 aliphatic rings. The molecule has 1 aliphatic carbocycles. The molecule has 0 radical (unpaired) electrons. The Bertz CT molecular complexity index is 1330. The Kier molecular flexibility index (Phi) is 14.3. The summed E-state index contributed by atoms with van der Waals surface area (Å²) in [6, 6.07) is 35.3. The molecule has 5 heteroatoms. The van der Waals surface area contributed by atoms with Crippen molar-refractivity contribution < 1.29 is 8.83 Å². The Morgan fingerprint density at radius 1 is 0.525 bits per heavy atom. The molecule has 8 rings (SSSR count). The average Bonchev–Trinajstić information content (AvgIpc) is 3.89. The molecule has 0 spiro atoms. The molecule has 0 unspecified atom stereocenters. The molecule has 0 fully saturated rings. The van der Waals surface area contributed by atoms with Gasteiger partial charge in [0, 0.05) is 41.9 Å². The largest absolute Gasteiger partial charge is 0.473 e. The number of furan rings is 2. The summed E-state index contributed by atoms with van der Waals surface area (Å²) in [5.41, 5.74) is 2.16. The molecule has 5 aromatic heterocycles. The van der Waals surface area contributed by atoms with Crippen molar-refractivity contribution in [1.82, 2.24) is 15.0 Å². The summed E-state index contributed by atoms with van der Waals surface area (Å²) >= 11 is 0. The van der Waals surface area contributed by atoms with Crippen LogP contribution in [-0.2, 0) is 0 Å². The Hall–Kier alpha value is -5.42. The first-order valence-electron chi connectivity index (χ1n) is 12.9. The molecule has 5 heterocycles. The fourth-order valence-corrected chi connectivity index (χ4v) is 3.15. The lowest BCUT2D eigenvalue weighted by atomic mass is 10.3. The quantitative estimate of drug-likeness (QED) is 0.213. The molecule has 0 atom stereocenters. The Morgan fingerprint density at radius 2 is 1.12 bits per heavy atom. The van der Waals surface area contributed by atoms with Gasteiger partial charge in [-0.05, 0) is 72.5 Å². The molecule has 2 aromatic carbocycles. The fourth-order valence-electron chi connectivity index (χ4n) is 3.15. The lowest BCUT2D eigenvalue weighted by Gasteiger charge is -1.83. The van der Waals surface area contributed by atoms with Gasteiger partial charge in [-0.25, -0.2) is 0 Å². The van der Waals surface area contributed by atoms with Gasteiger partial charge in [0.2, 0.25) is 0 Å². The van der Waals surface area contributed by atoms with Gasteiger partial charge in [0.25, 0.3) is 0 Å². The second kappa shape index (κ2) is 19.7. The van der Waals surface area contributed by atoms with E-state index in [9.17, 15) is 0 Å². The maximum atomic E-state index is 5.12. The average molecular weight is 528 g/mol. The molecule has 40 heavy (non-hydrogen) atoms. The number of nitrogens with one attached hydrogen (secondary N) is 1. The predicted molar refractivity (Wildman–Crippen MR) is 165 cm³/mol. The number of hydrogen-bond acceptors (Lipinski definition) is 4. The molecule has 0 saturated heterocycles. The molecular weight excluding hydrogens is 494 g/mol. The van der Waals surface area contributed by atoms with Crippen LogP contribution in [0, 0.1) is 0 Å². The lowest BCUT2D eigenvalue weighted by Crippen LogP contribution is -1.61. The molecule has 0 bridgehead atoms. The van der Waals surface area contributed by atoms with E-state index in [1.807, 2.05) is 97.2 Å². The van der Waals surface area contributed by atoms with Gasteiger partial charge in [-0.1, -0.05) is 72.8 Å². The van der Waals surface area contributed by atoms with Crippen molar-refractivity contribution in [2.75, 3.05) is 0 Å². The maximum Gasteiger partial charge on any atom is 0.133 e. The molecule has 200 valence electrons. The molecule has 0 amide bonds. The van der Waals surface area contributed by atoms with E-state index in [-0.39, 0.29) is 0 Å². The second-order valence-electron chi connectivity index (χ2n) is 7.96. The van der Waals surface area contributed by atoms with E-state index in [0.29, 0.717) is 0 Å².